The van der Waals surface area contributed by atoms with E-state index < -0.39 is 6.04 Å². The van der Waals surface area contributed by atoms with Crippen molar-refractivity contribution < 1.29 is 4.79 Å². The summed E-state index contributed by atoms with van der Waals surface area (Å²) in [6, 6.07) is 8.86. The van der Waals surface area contributed by atoms with Crippen molar-refractivity contribution in [3.05, 3.63) is 60.4 Å². The van der Waals surface area contributed by atoms with Gasteiger partial charge in [-0.2, -0.15) is 0 Å². The fourth-order valence-electron chi connectivity index (χ4n) is 2.33. The van der Waals surface area contributed by atoms with E-state index in [1.165, 1.54) is 11.0 Å². The lowest BCUT2D eigenvalue weighted by molar-refractivity contribution is -0.124. The fourth-order valence-corrected chi connectivity index (χ4v) is 2.33. The van der Waals surface area contributed by atoms with Crippen LogP contribution in [0.5, 0.6) is 0 Å². The van der Waals surface area contributed by atoms with Crippen LogP contribution in [0.15, 0.2) is 49.1 Å². The third kappa shape index (κ3) is 3.10. The first-order valence-electron chi connectivity index (χ1n) is 7.22. The molecule has 0 aliphatic carbocycles. The Bertz CT molecular complexity index is 766. The predicted molar refractivity (Wildman–Crippen MR) is 82.2 cm³/mol. The molecule has 1 aromatic carbocycles. The summed E-state index contributed by atoms with van der Waals surface area (Å²) < 4.78 is 3.30. The van der Waals surface area contributed by atoms with Gasteiger partial charge in [-0.3, -0.25) is 4.79 Å². The van der Waals surface area contributed by atoms with Crippen LogP contribution in [0.4, 0.5) is 0 Å². The van der Waals surface area contributed by atoms with Crippen molar-refractivity contribution in [2.45, 2.75) is 19.0 Å². The second-order valence-corrected chi connectivity index (χ2v) is 5.21. The highest BCUT2D eigenvalue weighted by Crippen LogP contribution is 2.21. The van der Waals surface area contributed by atoms with Crippen LogP contribution in [0.1, 0.15) is 30.4 Å². The minimum atomic E-state index is -0.517. The number of carbonyl (C=O) groups is 1. The molecule has 3 aromatic rings. The second kappa shape index (κ2) is 6.39. The lowest BCUT2D eigenvalue weighted by atomic mass is 10.1. The van der Waals surface area contributed by atoms with Crippen molar-refractivity contribution in [2.75, 3.05) is 0 Å². The van der Waals surface area contributed by atoms with E-state index in [-0.39, 0.29) is 11.9 Å². The molecule has 8 heteroatoms. The number of rotatable bonds is 5. The van der Waals surface area contributed by atoms with E-state index in [1.807, 2.05) is 48.1 Å². The summed E-state index contributed by atoms with van der Waals surface area (Å²) in [5.74, 6) is 0.572. The summed E-state index contributed by atoms with van der Waals surface area (Å²) >= 11 is 0. The van der Waals surface area contributed by atoms with Crippen LogP contribution in [0.25, 0.3) is 0 Å². The van der Waals surface area contributed by atoms with Crippen LogP contribution in [0.3, 0.4) is 0 Å². The van der Waals surface area contributed by atoms with Crippen molar-refractivity contribution in [2.24, 2.45) is 7.05 Å². The molecule has 23 heavy (non-hydrogen) atoms. The Morgan fingerprint density at radius 1 is 1.26 bits per heavy atom. The molecular weight excluding hydrogens is 294 g/mol. The van der Waals surface area contributed by atoms with E-state index in [0.29, 0.717) is 0 Å². The minimum Gasteiger partial charge on any atom is -0.340 e. The van der Waals surface area contributed by atoms with Gasteiger partial charge < -0.3 is 9.88 Å². The van der Waals surface area contributed by atoms with Crippen molar-refractivity contribution in [3.63, 3.8) is 0 Å². The molecule has 0 bridgehead atoms. The zero-order valence-corrected chi connectivity index (χ0v) is 12.9. The second-order valence-electron chi connectivity index (χ2n) is 5.21. The summed E-state index contributed by atoms with van der Waals surface area (Å²) in [7, 11) is 1.90. The Balaban J connectivity index is 1.88. The number of nitrogens with one attached hydrogen (secondary N) is 1. The van der Waals surface area contributed by atoms with E-state index in [1.54, 1.807) is 13.1 Å². The minimum absolute atomic E-state index is 0.186. The summed E-state index contributed by atoms with van der Waals surface area (Å²) in [5, 5.41) is 13.9. The Morgan fingerprint density at radius 2 is 2.04 bits per heavy atom. The number of amides is 1. The Labute approximate surface area is 133 Å². The third-order valence-electron chi connectivity index (χ3n) is 3.68. The largest absolute Gasteiger partial charge is 0.340 e. The number of nitrogens with zero attached hydrogens (tertiary/aromatic N) is 6. The number of tetrazole rings is 1. The summed E-state index contributed by atoms with van der Waals surface area (Å²) in [6.07, 6.45) is 4.98. The SMILES string of the molecule is C[C@@H](C(=O)NC(c1ccccc1)c1nccn1C)n1cnnn1. The number of imidazole rings is 1. The molecule has 0 saturated heterocycles. The predicted octanol–water partition coefficient (Wildman–Crippen LogP) is 0.873. The highest BCUT2D eigenvalue weighted by atomic mass is 16.2. The van der Waals surface area contributed by atoms with Gasteiger partial charge in [0.25, 0.3) is 0 Å². The monoisotopic (exact) mass is 311 g/mol. The van der Waals surface area contributed by atoms with Crippen LogP contribution >= 0.6 is 0 Å². The quantitative estimate of drug-likeness (QED) is 0.755. The van der Waals surface area contributed by atoms with E-state index >= 15 is 0 Å². The van der Waals surface area contributed by atoms with Gasteiger partial charge in [0.15, 0.2) is 0 Å². The number of benzene rings is 1. The maximum Gasteiger partial charge on any atom is 0.245 e. The molecule has 0 fully saturated rings. The molecule has 0 aliphatic heterocycles. The normalized spacial score (nSPS) is 13.5. The van der Waals surface area contributed by atoms with Crippen molar-refractivity contribution >= 4 is 5.91 Å². The van der Waals surface area contributed by atoms with Gasteiger partial charge in [0.1, 0.15) is 24.2 Å². The zero-order chi connectivity index (χ0) is 16.2. The van der Waals surface area contributed by atoms with Gasteiger partial charge in [-0.1, -0.05) is 30.3 Å². The molecule has 1 unspecified atom stereocenters. The van der Waals surface area contributed by atoms with Crippen LogP contribution in [-0.4, -0.2) is 35.7 Å². The summed E-state index contributed by atoms with van der Waals surface area (Å²) in [5.41, 5.74) is 0.957. The van der Waals surface area contributed by atoms with E-state index in [2.05, 4.69) is 25.8 Å². The standard InChI is InChI=1S/C15H17N7O/c1-11(22-10-17-19-20-22)15(23)18-13(12-6-4-3-5-7-12)14-16-8-9-21(14)2/h3-11,13H,1-2H3,(H,18,23)/t11-,13?/m0/s1. The molecule has 3 rings (SSSR count). The molecule has 2 heterocycles. The molecule has 8 nitrogen and oxygen atoms in total. The molecule has 0 saturated carbocycles. The van der Waals surface area contributed by atoms with E-state index in [9.17, 15) is 4.79 Å². The van der Waals surface area contributed by atoms with E-state index in [4.69, 9.17) is 0 Å². The average molecular weight is 311 g/mol. The topological polar surface area (TPSA) is 90.5 Å². The first kappa shape index (κ1) is 14.9. The van der Waals surface area contributed by atoms with Gasteiger partial charge in [0, 0.05) is 19.4 Å². The molecule has 118 valence electrons. The van der Waals surface area contributed by atoms with Crippen LogP contribution < -0.4 is 5.32 Å². The van der Waals surface area contributed by atoms with Crippen LogP contribution in [0.2, 0.25) is 0 Å². The van der Waals surface area contributed by atoms with Gasteiger partial charge in [-0.15, -0.1) is 5.10 Å². The van der Waals surface area contributed by atoms with Gasteiger partial charge >= 0.3 is 0 Å². The van der Waals surface area contributed by atoms with E-state index in [0.717, 1.165) is 11.4 Å². The smallest absolute Gasteiger partial charge is 0.245 e. The average Bonchev–Trinajstić information content (AvgIpc) is 3.24. The fraction of sp³-hybridized carbons (Fsp3) is 0.267. The highest BCUT2D eigenvalue weighted by Gasteiger charge is 2.24. The molecule has 0 spiro atoms. The summed E-state index contributed by atoms with van der Waals surface area (Å²) in [6.45, 7) is 1.74. The lowest BCUT2D eigenvalue weighted by Gasteiger charge is -2.21. The Kier molecular flexibility index (Phi) is 4.13. The van der Waals surface area contributed by atoms with Gasteiger partial charge in [0.05, 0.1) is 0 Å². The lowest BCUT2D eigenvalue weighted by Crippen LogP contribution is -2.36. The van der Waals surface area contributed by atoms with Gasteiger partial charge in [0.2, 0.25) is 5.91 Å². The Hall–Kier alpha value is -3.03. The molecule has 1 N–H and O–H groups in total. The van der Waals surface area contributed by atoms with Crippen LogP contribution in [-0.2, 0) is 11.8 Å². The first-order chi connectivity index (χ1) is 11.2. The molecule has 2 aromatic heterocycles. The number of carbonyl (C=O) groups excluding carboxylic acids is 1. The molecule has 0 radical (unpaired) electrons. The van der Waals surface area contributed by atoms with Crippen molar-refractivity contribution in [1.29, 1.82) is 0 Å². The number of hydrogen-bond acceptors (Lipinski definition) is 5. The number of aryl methyl sites for hydroxylation is 1. The van der Waals surface area contributed by atoms with Crippen molar-refractivity contribution in [1.82, 2.24) is 35.1 Å². The molecule has 2 atom stereocenters. The number of hydrogen-bond donors (Lipinski definition) is 1. The van der Waals surface area contributed by atoms with Gasteiger partial charge in [-0.05, 0) is 22.9 Å². The molecule has 1 amide bonds. The Morgan fingerprint density at radius 3 is 2.65 bits per heavy atom. The summed E-state index contributed by atoms with van der Waals surface area (Å²) in [4.78, 5) is 16.9. The maximum absolute atomic E-state index is 12.6. The third-order valence-corrected chi connectivity index (χ3v) is 3.68. The first-order valence-corrected chi connectivity index (χ1v) is 7.22. The molecular formula is C15H17N7O. The van der Waals surface area contributed by atoms with Gasteiger partial charge in [-0.25, -0.2) is 9.67 Å². The van der Waals surface area contributed by atoms with Crippen molar-refractivity contribution in [3.8, 4) is 0 Å². The molecule has 0 aliphatic rings. The number of aromatic nitrogens is 6. The highest BCUT2D eigenvalue weighted by molar-refractivity contribution is 5.80. The maximum atomic E-state index is 12.6. The van der Waals surface area contributed by atoms with Crippen LogP contribution in [0, 0.1) is 0 Å². The zero-order valence-electron chi connectivity index (χ0n) is 12.9.